The van der Waals surface area contributed by atoms with Crippen molar-refractivity contribution in [3.05, 3.63) is 70.8 Å². The summed E-state index contributed by atoms with van der Waals surface area (Å²) in [6.45, 7) is 0.967. The third kappa shape index (κ3) is 3.30. The minimum atomic E-state index is -0.179. The monoisotopic (exact) mass is 443 g/mol. The van der Waals surface area contributed by atoms with Crippen molar-refractivity contribution < 1.29 is 19.2 Å². The summed E-state index contributed by atoms with van der Waals surface area (Å²) in [6.07, 6.45) is 3.81. The van der Waals surface area contributed by atoms with Crippen molar-refractivity contribution in [1.29, 1.82) is 0 Å². The standard InChI is InChI=1S/C26H25N3O4/c30-23-19-5-1-2-6-20(19)24(31)28(23)13-15-9-17(10-15)27-18-11-16(12-18)14-29-25(32)21-7-3-4-8-22(21)26(29)33/h1-8,15-18,27H,9-14H2. The molecular weight excluding hydrogens is 418 g/mol. The van der Waals surface area contributed by atoms with Gasteiger partial charge in [-0.2, -0.15) is 0 Å². The first-order valence-electron chi connectivity index (χ1n) is 11.7. The molecule has 0 unspecified atom stereocenters. The Morgan fingerprint density at radius 1 is 0.576 bits per heavy atom. The lowest BCUT2D eigenvalue weighted by Gasteiger charge is -2.44. The van der Waals surface area contributed by atoms with Crippen LogP contribution in [-0.4, -0.2) is 58.6 Å². The summed E-state index contributed by atoms with van der Waals surface area (Å²) in [5.41, 5.74) is 2.04. The first-order valence-corrected chi connectivity index (χ1v) is 11.7. The molecule has 0 saturated heterocycles. The van der Waals surface area contributed by atoms with Gasteiger partial charge in [-0.05, 0) is 61.8 Å². The van der Waals surface area contributed by atoms with Crippen LogP contribution in [0.1, 0.15) is 67.1 Å². The van der Waals surface area contributed by atoms with Gasteiger partial charge in [0.15, 0.2) is 0 Å². The van der Waals surface area contributed by atoms with Gasteiger partial charge < -0.3 is 5.32 Å². The van der Waals surface area contributed by atoms with E-state index in [2.05, 4.69) is 5.32 Å². The fraction of sp³-hybridized carbons (Fsp3) is 0.385. The minimum Gasteiger partial charge on any atom is -0.311 e. The van der Waals surface area contributed by atoms with E-state index >= 15 is 0 Å². The van der Waals surface area contributed by atoms with Crippen LogP contribution in [0.2, 0.25) is 0 Å². The van der Waals surface area contributed by atoms with Gasteiger partial charge in [0.1, 0.15) is 0 Å². The number of nitrogens with one attached hydrogen (secondary N) is 1. The Balaban J connectivity index is 0.946. The van der Waals surface area contributed by atoms with E-state index in [0.717, 1.165) is 25.7 Å². The maximum Gasteiger partial charge on any atom is 0.261 e. The zero-order chi connectivity index (χ0) is 22.7. The quantitative estimate of drug-likeness (QED) is 0.694. The van der Waals surface area contributed by atoms with E-state index in [1.807, 2.05) is 0 Å². The number of fused-ring (bicyclic) bond motifs is 2. The average molecular weight is 444 g/mol. The molecule has 1 N–H and O–H groups in total. The maximum atomic E-state index is 12.5. The molecule has 168 valence electrons. The van der Waals surface area contributed by atoms with Crippen LogP contribution in [0.25, 0.3) is 0 Å². The predicted molar refractivity (Wildman–Crippen MR) is 120 cm³/mol. The van der Waals surface area contributed by atoms with Gasteiger partial charge in [-0.15, -0.1) is 0 Å². The SMILES string of the molecule is O=C1c2ccccc2C(=O)N1CC1CC(NC2CC(CN3C(=O)c4ccccc4C3=O)C2)C1. The molecule has 2 aliphatic carbocycles. The van der Waals surface area contributed by atoms with Crippen LogP contribution in [0, 0.1) is 11.8 Å². The first kappa shape index (κ1) is 20.3. The van der Waals surface area contributed by atoms with Crippen LogP contribution in [0.4, 0.5) is 0 Å². The molecule has 0 spiro atoms. The molecule has 33 heavy (non-hydrogen) atoms. The van der Waals surface area contributed by atoms with E-state index in [4.69, 9.17) is 0 Å². The minimum absolute atomic E-state index is 0.179. The van der Waals surface area contributed by atoms with Gasteiger partial charge in [0, 0.05) is 25.2 Å². The Morgan fingerprint density at radius 2 is 0.879 bits per heavy atom. The van der Waals surface area contributed by atoms with Crippen molar-refractivity contribution >= 4 is 23.6 Å². The van der Waals surface area contributed by atoms with E-state index in [9.17, 15) is 19.2 Å². The highest BCUT2D eigenvalue weighted by Crippen LogP contribution is 2.36. The van der Waals surface area contributed by atoms with Crippen molar-refractivity contribution in [3.8, 4) is 0 Å². The van der Waals surface area contributed by atoms with Gasteiger partial charge in [0.05, 0.1) is 22.3 Å². The highest BCUT2D eigenvalue weighted by molar-refractivity contribution is 6.22. The highest BCUT2D eigenvalue weighted by atomic mass is 16.2. The van der Waals surface area contributed by atoms with E-state index in [1.165, 1.54) is 9.80 Å². The van der Waals surface area contributed by atoms with Crippen LogP contribution < -0.4 is 5.32 Å². The predicted octanol–water partition coefficient (Wildman–Crippen LogP) is 2.73. The Bertz CT molecular complexity index is 1020. The van der Waals surface area contributed by atoms with Crippen LogP contribution in [0.3, 0.4) is 0 Å². The molecule has 6 rings (SSSR count). The van der Waals surface area contributed by atoms with E-state index in [-0.39, 0.29) is 23.6 Å². The van der Waals surface area contributed by atoms with Crippen molar-refractivity contribution in [1.82, 2.24) is 15.1 Å². The number of benzene rings is 2. The summed E-state index contributed by atoms with van der Waals surface area (Å²) in [6, 6.07) is 14.8. The zero-order valence-corrected chi connectivity index (χ0v) is 18.2. The molecule has 2 aliphatic heterocycles. The summed E-state index contributed by atoms with van der Waals surface area (Å²) >= 11 is 0. The van der Waals surface area contributed by atoms with E-state index < -0.39 is 0 Å². The molecule has 0 atom stereocenters. The number of rotatable bonds is 6. The molecule has 2 aromatic rings. The Hall–Kier alpha value is -3.32. The van der Waals surface area contributed by atoms with Gasteiger partial charge in [0.25, 0.3) is 23.6 Å². The van der Waals surface area contributed by atoms with Crippen LogP contribution in [0.15, 0.2) is 48.5 Å². The number of imide groups is 2. The van der Waals surface area contributed by atoms with Gasteiger partial charge in [0.2, 0.25) is 0 Å². The summed E-state index contributed by atoms with van der Waals surface area (Å²) < 4.78 is 0. The van der Waals surface area contributed by atoms with E-state index in [0.29, 0.717) is 59.3 Å². The van der Waals surface area contributed by atoms with E-state index in [1.54, 1.807) is 48.5 Å². The molecule has 2 saturated carbocycles. The molecule has 2 heterocycles. The molecule has 0 radical (unpaired) electrons. The Morgan fingerprint density at radius 3 is 1.18 bits per heavy atom. The lowest BCUT2D eigenvalue weighted by atomic mass is 9.75. The fourth-order valence-electron chi connectivity index (χ4n) is 5.70. The lowest BCUT2D eigenvalue weighted by molar-refractivity contribution is 0.0534. The van der Waals surface area contributed by atoms with Crippen LogP contribution >= 0.6 is 0 Å². The number of nitrogens with zero attached hydrogens (tertiary/aromatic N) is 2. The molecule has 4 amide bonds. The smallest absolute Gasteiger partial charge is 0.261 e. The molecule has 7 nitrogen and oxygen atoms in total. The fourth-order valence-corrected chi connectivity index (χ4v) is 5.70. The van der Waals surface area contributed by atoms with Crippen molar-refractivity contribution in [2.24, 2.45) is 11.8 Å². The topological polar surface area (TPSA) is 86.8 Å². The summed E-state index contributed by atoms with van der Waals surface area (Å²) in [7, 11) is 0. The Kier molecular flexibility index (Phi) is 4.69. The second kappa shape index (κ2) is 7.63. The molecule has 2 fully saturated rings. The van der Waals surface area contributed by atoms with Gasteiger partial charge >= 0.3 is 0 Å². The summed E-state index contributed by atoms with van der Waals surface area (Å²) in [4.78, 5) is 52.9. The van der Waals surface area contributed by atoms with Crippen molar-refractivity contribution in [2.75, 3.05) is 13.1 Å². The number of amides is 4. The first-order chi connectivity index (χ1) is 16.0. The average Bonchev–Trinajstić information content (AvgIpc) is 3.16. The number of carbonyl (C=O) groups is 4. The Labute approximate surface area is 191 Å². The number of hydrogen-bond donors (Lipinski definition) is 1. The maximum absolute atomic E-state index is 12.5. The molecule has 7 heteroatoms. The lowest BCUT2D eigenvalue weighted by Crippen LogP contribution is -2.54. The number of hydrogen-bond acceptors (Lipinski definition) is 5. The van der Waals surface area contributed by atoms with Gasteiger partial charge in [-0.25, -0.2) is 0 Å². The van der Waals surface area contributed by atoms with Crippen LogP contribution in [-0.2, 0) is 0 Å². The molecular formula is C26H25N3O4. The summed E-state index contributed by atoms with van der Waals surface area (Å²) in [5, 5.41) is 3.66. The largest absolute Gasteiger partial charge is 0.311 e. The van der Waals surface area contributed by atoms with Gasteiger partial charge in [-0.3, -0.25) is 29.0 Å². The summed E-state index contributed by atoms with van der Waals surface area (Å²) in [5.74, 6) is -0.0501. The normalized spacial score (nSPS) is 28.0. The van der Waals surface area contributed by atoms with Crippen molar-refractivity contribution in [3.63, 3.8) is 0 Å². The third-order valence-corrected chi connectivity index (χ3v) is 7.58. The third-order valence-electron chi connectivity index (χ3n) is 7.58. The molecule has 0 aromatic heterocycles. The molecule has 0 bridgehead atoms. The van der Waals surface area contributed by atoms with Crippen LogP contribution in [0.5, 0.6) is 0 Å². The highest BCUT2D eigenvalue weighted by Gasteiger charge is 2.42. The second-order valence-electron chi connectivity index (χ2n) is 9.77. The number of carbonyl (C=O) groups excluding carboxylic acids is 4. The molecule has 4 aliphatic rings. The van der Waals surface area contributed by atoms with Gasteiger partial charge in [-0.1, -0.05) is 24.3 Å². The van der Waals surface area contributed by atoms with Crippen molar-refractivity contribution in [2.45, 2.75) is 37.8 Å². The zero-order valence-electron chi connectivity index (χ0n) is 18.2. The molecule has 2 aromatic carbocycles. The second-order valence-corrected chi connectivity index (χ2v) is 9.77.